The van der Waals surface area contributed by atoms with Crippen LogP contribution in [0.25, 0.3) is 6.08 Å². The number of esters is 1. The lowest BCUT2D eigenvalue weighted by Gasteiger charge is -2.32. The van der Waals surface area contributed by atoms with Crippen LogP contribution >= 0.6 is 12.6 Å². The van der Waals surface area contributed by atoms with Crippen molar-refractivity contribution in [2.75, 3.05) is 12.9 Å². The summed E-state index contributed by atoms with van der Waals surface area (Å²) in [6.07, 6.45) is 3.47. The zero-order valence-corrected chi connectivity index (χ0v) is 15.0. The van der Waals surface area contributed by atoms with Crippen molar-refractivity contribution in [2.45, 2.75) is 38.9 Å². The topological polar surface area (TPSA) is 57.7 Å². The molecule has 0 bridgehead atoms. The minimum absolute atomic E-state index is 0.258. The smallest absolute Gasteiger partial charge is 0.464 e. The van der Waals surface area contributed by atoms with E-state index in [1.54, 1.807) is 18.3 Å². The summed E-state index contributed by atoms with van der Waals surface area (Å²) in [5, 5.41) is 0. The Bertz CT molecular complexity index is 614. The normalized spacial score (nSPS) is 19.7. The number of carbonyl (C=O) groups is 1. The van der Waals surface area contributed by atoms with E-state index in [0.717, 1.165) is 11.0 Å². The van der Waals surface area contributed by atoms with Crippen LogP contribution in [0.1, 0.15) is 43.7 Å². The number of carbonyl (C=O) groups excluding carboxylic acids is 1. The van der Waals surface area contributed by atoms with Crippen LogP contribution in [0.3, 0.4) is 0 Å². The molecule has 1 aliphatic rings. The molecule has 1 aliphatic heterocycles. The molecule has 0 radical (unpaired) electrons. The summed E-state index contributed by atoms with van der Waals surface area (Å²) < 4.78 is 16.8. The molecule has 5 nitrogen and oxygen atoms in total. The van der Waals surface area contributed by atoms with Crippen LogP contribution in [0, 0.1) is 0 Å². The molecule has 1 saturated heterocycles. The number of pyridine rings is 1. The van der Waals surface area contributed by atoms with E-state index < -0.39 is 24.3 Å². The minimum Gasteiger partial charge on any atom is -0.464 e. The highest BCUT2D eigenvalue weighted by molar-refractivity contribution is 7.80. The maximum atomic E-state index is 11.6. The summed E-state index contributed by atoms with van der Waals surface area (Å²) in [5.41, 5.74) is 1.14. The quantitative estimate of drug-likeness (QED) is 0.521. The van der Waals surface area contributed by atoms with Crippen molar-refractivity contribution >= 4 is 31.8 Å². The molecule has 0 aliphatic carbocycles. The van der Waals surface area contributed by atoms with Gasteiger partial charge in [-0.25, -0.2) is 9.78 Å². The van der Waals surface area contributed by atoms with Crippen molar-refractivity contribution in [3.05, 3.63) is 35.1 Å². The van der Waals surface area contributed by atoms with E-state index in [1.165, 1.54) is 7.11 Å². The van der Waals surface area contributed by atoms with E-state index in [4.69, 9.17) is 14.0 Å². The Hall–Kier alpha value is -1.31. The third-order valence-electron chi connectivity index (χ3n) is 4.27. The van der Waals surface area contributed by atoms with Crippen molar-refractivity contribution in [3.8, 4) is 0 Å². The predicted molar refractivity (Wildman–Crippen MR) is 93.5 cm³/mol. The predicted octanol–water partition coefficient (Wildman–Crippen LogP) is 2.81. The van der Waals surface area contributed by atoms with Gasteiger partial charge in [0.1, 0.15) is 5.69 Å². The molecule has 0 atom stereocenters. The SMILES string of the molecule is COC(=O)c1cc(C=C(CS)B2OC(C)(C)C(C)(C)O2)ccn1. The molecule has 7 heteroatoms. The second-order valence-corrected chi connectivity index (χ2v) is 6.75. The number of hydrogen-bond acceptors (Lipinski definition) is 6. The number of rotatable bonds is 4. The minimum atomic E-state index is -0.469. The molecule has 0 aromatic carbocycles. The van der Waals surface area contributed by atoms with Gasteiger partial charge in [-0.15, -0.1) is 0 Å². The van der Waals surface area contributed by atoms with Gasteiger partial charge in [0.25, 0.3) is 0 Å². The number of aromatic nitrogens is 1. The van der Waals surface area contributed by atoms with Gasteiger partial charge in [-0.05, 0) is 50.9 Å². The summed E-state index contributed by atoms with van der Waals surface area (Å²) in [6.45, 7) is 8.02. The van der Waals surface area contributed by atoms with Crippen molar-refractivity contribution in [1.29, 1.82) is 0 Å². The van der Waals surface area contributed by atoms with Crippen LogP contribution < -0.4 is 0 Å². The summed E-state index contributed by atoms with van der Waals surface area (Å²) in [7, 11) is 0.864. The molecule has 2 heterocycles. The summed E-state index contributed by atoms with van der Waals surface area (Å²) >= 11 is 4.38. The lowest BCUT2D eigenvalue weighted by molar-refractivity contribution is 0.00578. The zero-order chi connectivity index (χ0) is 17.3. The Balaban J connectivity index is 2.28. The molecule has 124 valence electrons. The Morgan fingerprint density at radius 1 is 1.35 bits per heavy atom. The van der Waals surface area contributed by atoms with Crippen molar-refractivity contribution < 1.29 is 18.8 Å². The Morgan fingerprint density at radius 3 is 2.48 bits per heavy atom. The number of ether oxygens (including phenoxy) is 1. The number of hydrogen-bond donors (Lipinski definition) is 1. The molecule has 1 fully saturated rings. The van der Waals surface area contributed by atoms with Gasteiger partial charge in [0.05, 0.1) is 18.3 Å². The molecule has 1 aromatic heterocycles. The number of thiol groups is 1. The third kappa shape index (κ3) is 3.79. The average molecular weight is 335 g/mol. The van der Waals surface area contributed by atoms with Crippen LogP contribution in [-0.2, 0) is 14.0 Å². The molecule has 0 amide bonds. The lowest BCUT2D eigenvalue weighted by Crippen LogP contribution is -2.41. The second-order valence-electron chi connectivity index (χ2n) is 6.43. The van der Waals surface area contributed by atoms with Gasteiger partial charge < -0.3 is 14.0 Å². The van der Waals surface area contributed by atoms with E-state index in [-0.39, 0.29) is 5.69 Å². The molecule has 2 rings (SSSR count). The highest BCUT2D eigenvalue weighted by Crippen LogP contribution is 2.39. The van der Waals surface area contributed by atoms with Crippen molar-refractivity contribution in [1.82, 2.24) is 4.98 Å². The first-order chi connectivity index (χ1) is 10.7. The monoisotopic (exact) mass is 335 g/mol. The molecule has 0 N–H and O–H groups in total. The van der Waals surface area contributed by atoms with Gasteiger partial charge >= 0.3 is 13.1 Å². The lowest BCUT2D eigenvalue weighted by atomic mass is 9.78. The molecule has 23 heavy (non-hydrogen) atoms. The van der Waals surface area contributed by atoms with E-state index in [1.807, 2.05) is 33.8 Å². The van der Waals surface area contributed by atoms with Gasteiger partial charge in [-0.3, -0.25) is 0 Å². The molecule has 1 aromatic rings. The standard InChI is InChI=1S/C16H22BNO4S/c1-15(2)16(3,4)22-17(21-15)12(10-23)8-11-6-7-18-13(9-11)14(19)20-5/h6-9,23H,10H2,1-5H3. The summed E-state index contributed by atoms with van der Waals surface area (Å²) in [5.74, 6) is 0.00972. The second kappa shape index (κ2) is 6.67. The third-order valence-corrected chi connectivity index (χ3v) is 4.63. The zero-order valence-electron chi connectivity index (χ0n) is 14.1. The van der Waals surface area contributed by atoms with Gasteiger partial charge in [-0.2, -0.15) is 12.6 Å². The number of methoxy groups -OCH3 is 1. The molecule has 0 unspecified atom stereocenters. The maximum Gasteiger partial charge on any atom is 0.491 e. The van der Waals surface area contributed by atoms with E-state index >= 15 is 0 Å². The highest BCUT2D eigenvalue weighted by atomic mass is 32.1. The van der Waals surface area contributed by atoms with Gasteiger partial charge in [0.15, 0.2) is 0 Å². The fourth-order valence-corrected chi connectivity index (χ4v) is 2.39. The van der Waals surface area contributed by atoms with E-state index in [9.17, 15) is 4.79 Å². The molecular formula is C16H22BNO4S. The highest BCUT2D eigenvalue weighted by Gasteiger charge is 2.52. The first kappa shape index (κ1) is 18.0. The largest absolute Gasteiger partial charge is 0.491 e. The van der Waals surface area contributed by atoms with Gasteiger partial charge in [0, 0.05) is 11.9 Å². The van der Waals surface area contributed by atoms with Crippen LogP contribution in [0.4, 0.5) is 0 Å². The van der Waals surface area contributed by atoms with E-state index in [2.05, 4.69) is 17.6 Å². The Labute approximate surface area is 143 Å². The molecular weight excluding hydrogens is 313 g/mol. The fraction of sp³-hybridized carbons (Fsp3) is 0.500. The van der Waals surface area contributed by atoms with Gasteiger partial charge in [-0.1, -0.05) is 6.08 Å². The van der Waals surface area contributed by atoms with Crippen molar-refractivity contribution in [3.63, 3.8) is 0 Å². The van der Waals surface area contributed by atoms with Gasteiger partial charge in [0.2, 0.25) is 0 Å². The van der Waals surface area contributed by atoms with Crippen molar-refractivity contribution in [2.24, 2.45) is 0 Å². The Morgan fingerprint density at radius 2 is 1.96 bits per heavy atom. The average Bonchev–Trinajstić information content (AvgIpc) is 2.72. The maximum absolute atomic E-state index is 11.6. The first-order valence-electron chi connectivity index (χ1n) is 7.41. The number of nitrogens with zero attached hydrogens (tertiary/aromatic N) is 1. The van der Waals surface area contributed by atoms with Crippen LogP contribution in [0.2, 0.25) is 0 Å². The molecule has 0 saturated carbocycles. The van der Waals surface area contributed by atoms with Crippen LogP contribution in [0.15, 0.2) is 23.8 Å². The van der Waals surface area contributed by atoms with Crippen LogP contribution in [0.5, 0.6) is 0 Å². The Kier molecular flexibility index (Phi) is 5.23. The molecule has 0 spiro atoms. The summed E-state index contributed by atoms with van der Waals surface area (Å²) in [6, 6.07) is 3.47. The van der Waals surface area contributed by atoms with E-state index in [0.29, 0.717) is 5.75 Å². The van der Waals surface area contributed by atoms with Crippen LogP contribution in [-0.4, -0.2) is 42.1 Å². The summed E-state index contributed by atoms with van der Waals surface area (Å²) in [4.78, 5) is 15.6. The fourth-order valence-electron chi connectivity index (χ4n) is 2.15. The first-order valence-corrected chi connectivity index (χ1v) is 8.05.